The van der Waals surface area contributed by atoms with Crippen molar-refractivity contribution in [3.8, 4) is 11.1 Å². The Balaban J connectivity index is 1.89. The van der Waals surface area contributed by atoms with Crippen LogP contribution in [0.2, 0.25) is 0 Å². The summed E-state index contributed by atoms with van der Waals surface area (Å²) < 4.78 is 19.3. The lowest BCUT2D eigenvalue weighted by atomic mass is 10.1. The quantitative estimate of drug-likeness (QED) is 0.946. The number of benzene rings is 1. The molecule has 6 heteroatoms. The molecule has 0 saturated carbocycles. The van der Waals surface area contributed by atoms with E-state index in [1.54, 1.807) is 24.4 Å². The normalized spacial score (nSPS) is 17.7. The number of halogens is 1. The Labute approximate surface area is 127 Å². The molecule has 5 nitrogen and oxygen atoms in total. The van der Waals surface area contributed by atoms with Gasteiger partial charge < -0.3 is 9.84 Å². The van der Waals surface area contributed by atoms with Gasteiger partial charge in [-0.05, 0) is 31.2 Å². The molecule has 22 heavy (non-hydrogen) atoms. The number of aryl methyl sites for hydroxylation is 1. The van der Waals surface area contributed by atoms with Crippen molar-refractivity contribution in [1.29, 1.82) is 0 Å². The zero-order valence-electron chi connectivity index (χ0n) is 12.0. The van der Waals surface area contributed by atoms with Gasteiger partial charge in [-0.3, -0.25) is 9.88 Å². The van der Waals surface area contributed by atoms with Crippen LogP contribution in [0.1, 0.15) is 5.69 Å². The van der Waals surface area contributed by atoms with Gasteiger partial charge in [0.05, 0.1) is 18.8 Å². The van der Waals surface area contributed by atoms with Gasteiger partial charge in [-0.2, -0.15) is 0 Å². The number of cyclic esters (lactones) is 1. The number of nitrogens with zero attached hydrogens (tertiary/aromatic N) is 2. The van der Waals surface area contributed by atoms with E-state index in [9.17, 15) is 9.18 Å². The minimum Gasteiger partial charge on any atom is -0.441 e. The van der Waals surface area contributed by atoms with Crippen LogP contribution in [0.15, 0.2) is 36.5 Å². The van der Waals surface area contributed by atoms with Crippen LogP contribution in [0.3, 0.4) is 0 Å². The Morgan fingerprint density at radius 2 is 2.23 bits per heavy atom. The van der Waals surface area contributed by atoms with Crippen molar-refractivity contribution in [1.82, 2.24) is 4.98 Å². The zero-order valence-corrected chi connectivity index (χ0v) is 12.0. The standard InChI is InChI=1S/C16H15FN2O3/c1-10-2-3-11(7-18-10)14-5-4-12(6-15(14)17)19-8-13(9-20)22-16(19)21/h2-7,13,20H,8-9H2,1H3. The SMILES string of the molecule is Cc1ccc(-c2ccc(N3CC(CO)OC3=O)cc2F)cn1. The molecule has 0 bridgehead atoms. The van der Waals surface area contributed by atoms with Crippen LogP contribution in [-0.4, -0.2) is 35.4 Å². The van der Waals surface area contributed by atoms with E-state index in [0.717, 1.165) is 5.69 Å². The second kappa shape index (κ2) is 5.73. The van der Waals surface area contributed by atoms with Crippen LogP contribution < -0.4 is 4.90 Å². The van der Waals surface area contributed by atoms with Crippen molar-refractivity contribution in [3.63, 3.8) is 0 Å². The van der Waals surface area contributed by atoms with E-state index < -0.39 is 18.0 Å². The average molecular weight is 302 g/mol. The van der Waals surface area contributed by atoms with Gasteiger partial charge in [0.25, 0.3) is 0 Å². The average Bonchev–Trinajstić information content (AvgIpc) is 2.89. The van der Waals surface area contributed by atoms with Crippen LogP contribution in [0, 0.1) is 12.7 Å². The molecule has 1 N–H and O–H groups in total. The van der Waals surface area contributed by atoms with E-state index in [1.807, 2.05) is 13.0 Å². The number of aliphatic hydroxyl groups excluding tert-OH is 1. The molecule has 1 fully saturated rings. The Morgan fingerprint density at radius 3 is 2.82 bits per heavy atom. The van der Waals surface area contributed by atoms with Crippen LogP contribution in [0.25, 0.3) is 11.1 Å². The third-order valence-electron chi connectivity index (χ3n) is 3.56. The molecule has 1 atom stereocenters. The number of hydrogen-bond donors (Lipinski definition) is 1. The molecule has 1 aliphatic rings. The highest BCUT2D eigenvalue weighted by Gasteiger charge is 2.32. The number of carbonyl (C=O) groups is 1. The molecule has 1 aliphatic heterocycles. The van der Waals surface area contributed by atoms with E-state index in [4.69, 9.17) is 9.84 Å². The molecule has 1 saturated heterocycles. The lowest BCUT2D eigenvalue weighted by Gasteiger charge is -2.14. The fourth-order valence-corrected chi connectivity index (χ4v) is 2.36. The van der Waals surface area contributed by atoms with Crippen LogP contribution >= 0.6 is 0 Å². The zero-order chi connectivity index (χ0) is 15.7. The molecule has 2 heterocycles. The number of aliphatic hydroxyl groups is 1. The van der Waals surface area contributed by atoms with Gasteiger partial charge in [0.15, 0.2) is 0 Å². The molecule has 1 unspecified atom stereocenters. The largest absolute Gasteiger partial charge is 0.441 e. The fourth-order valence-electron chi connectivity index (χ4n) is 2.36. The number of aromatic nitrogens is 1. The van der Waals surface area contributed by atoms with Gasteiger partial charge in [0.2, 0.25) is 0 Å². The third kappa shape index (κ3) is 2.65. The van der Waals surface area contributed by atoms with Gasteiger partial charge in [-0.15, -0.1) is 0 Å². The molecule has 2 aromatic rings. The van der Waals surface area contributed by atoms with E-state index in [-0.39, 0.29) is 13.2 Å². The highest BCUT2D eigenvalue weighted by Crippen LogP contribution is 2.28. The summed E-state index contributed by atoms with van der Waals surface area (Å²) in [5.41, 5.74) is 2.35. The first-order valence-electron chi connectivity index (χ1n) is 6.90. The smallest absolute Gasteiger partial charge is 0.414 e. The van der Waals surface area contributed by atoms with E-state index >= 15 is 0 Å². The van der Waals surface area contributed by atoms with Gasteiger partial charge in [-0.25, -0.2) is 9.18 Å². The van der Waals surface area contributed by atoms with Crippen molar-refractivity contribution in [2.45, 2.75) is 13.0 Å². The molecule has 3 rings (SSSR count). The lowest BCUT2D eigenvalue weighted by molar-refractivity contribution is 0.0963. The minimum atomic E-state index is -0.580. The molecule has 0 spiro atoms. The number of ether oxygens (including phenoxy) is 1. The highest BCUT2D eigenvalue weighted by molar-refractivity contribution is 5.90. The molecule has 1 amide bonds. The predicted octanol–water partition coefficient (Wildman–Crippen LogP) is 2.51. The first kappa shape index (κ1) is 14.5. The first-order chi connectivity index (χ1) is 10.6. The van der Waals surface area contributed by atoms with Crippen molar-refractivity contribution >= 4 is 11.8 Å². The second-order valence-corrected chi connectivity index (χ2v) is 5.15. The third-order valence-corrected chi connectivity index (χ3v) is 3.56. The maximum Gasteiger partial charge on any atom is 0.414 e. The number of anilines is 1. The second-order valence-electron chi connectivity index (χ2n) is 5.15. The fraction of sp³-hybridized carbons (Fsp3) is 0.250. The number of amides is 1. The molecular formula is C16H15FN2O3. The van der Waals surface area contributed by atoms with Crippen LogP contribution in [0.4, 0.5) is 14.9 Å². The van der Waals surface area contributed by atoms with E-state index in [0.29, 0.717) is 16.8 Å². The number of rotatable bonds is 3. The summed E-state index contributed by atoms with van der Waals surface area (Å²) >= 11 is 0. The van der Waals surface area contributed by atoms with Gasteiger partial charge >= 0.3 is 6.09 Å². The first-order valence-corrected chi connectivity index (χ1v) is 6.90. The summed E-state index contributed by atoms with van der Waals surface area (Å²) in [5.74, 6) is -0.441. The maximum absolute atomic E-state index is 14.3. The van der Waals surface area contributed by atoms with Crippen molar-refractivity contribution < 1.29 is 19.0 Å². The maximum atomic E-state index is 14.3. The molecular weight excluding hydrogens is 287 g/mol. The van der Waals surface area contributed by atoms with Crippen molar-refractivity contribution in [2.75, 3.05) is 18.1 Å². The van der Waals surface area contributed by atoms with Crippen molar-refractivity contribution in [3.05, 3.63) is 48.0 Å². The Morgan fingerprint density at radius 1 is 1.41 bits per heavy atom. The molecule has 0 aliphatic carbocycles. The van der Waals surface area contributed by atoms with E-state index in [1.165, 1.54) is 11.0 Å². The lowest BCUT2D eigenvalue weighted by Crippen LogP contribution is -2.25. The monoisotopic (exact) mass is 302 g/mol. The predicted molar refractivity (Wildman–Crippen MR) is 79.1 cm³/mol. The molecule has 114 valence electrons. The Bertz CT molecular complexity index is 703. The topological polar surface area (TPSA) is 62.7 Å². The Hall–Kier alpha value is -2.47. The summed E-state index contributed by atoms with van der Waals surface area (Å²) in [4.78, 5) is 17.2. The van der Waals surface area contributed by atoms with Gasteiger partial charge in [-0.1, -0.05) is 6.07 Å². The summed E-state index contributed by atoms with van der Waals surface area (Å²) in [6, 6.07) is 8.16. The summed E-state index contributed by atoms with van der Waals surface area (Å²) in [6.07, 6.45) is 0.457. The van der Waals surface area contributed by atoms with E-state index in [2.05, 4.69) is 4.98 Å². The molecule has 0 radical (unpaired) electrons. The number of hydrogen-bond acceptors (Lipinski definition) is 4. The van der Waals surface area contributed by atoms with Crippen LogP contribution in [0.5, 0.6) is 0 Å². The summed E-state index contributed by atoms with van der Waals surface area (Å²) in [5, 5.41) is 9.03. The van der Waals surface area contributed by atoms with Crippen molar-refractivity contribution in [2.24, 2.45) is 0 Å². The minimum absolute atomic E-state index is 0.209. The summed E-state index contributed by atoms with van der Waals surface area (Å²) in [7, 11) is 0. The number of carbonyl (C=O) groups excluding carboxylic acids is 1. The highest BCUT2D eigenvalue weighted by atomic mass is 19.1. The van der Waals surface area contributed by atoms with Gasteiger partial charge in [0, 0.05) is 23.0 Å². The Kier molecular flexibility index (Phi) is 3.77. The summed E-state index contributed by atoms with van der Waals surface area (Å²) in [6.45, 7) is 1.82. The molecule has 1 aromatic heterocycles. The molecule has 1 aromatic carbocycles. The van der Waals surface area contributed by atoms with Gasteiger partial charge in [0.1, 0.15) is 11.9 Å². The number of pyridine rings is 1. The van der Waals surface area contributed by atoms with Crippen LogP contribution in [-0.2, 0) is 4.74 Å².